The number of aromatic nitrogens is 3. The first kappa shape index (κ1) is 11.3. The summed E-state index contributed by atoms with van der Waals surface area (Å²) in [4.78, 5) is 11.4. The number of imidazole rings is 1. The number of halogens is 1. The van der Waals surface area contributed by atoms with Gasteiger partial charge in [0, 0.05) is 11.8 Å². The van der Waals surface area contributed by atoms with Gasteiger partial charge in [0.2, 0.25) is 0 Å². The number of nitrogens with one attached hydrogen (secondary N) is 1. The molecule has 3 N–H and O–H groups in total. The van der Waals surface area contributed by atoms with Crippen LogP contribution in [0.4, 0.5) is 4.39 Å². The molecule has 0 amide bonds. The summed E-state index contributed by atoms with van der Waals surface area (Å²) in [6.07, 6.45) is 8.64. The number of H-pyrrole nitrogens is 1. The van der Waals surface area contributed by atoms with Crippen LogP contribution in [0.5, 0.6) is 0 Å². The molecule has 0 radical (unpaired) electrons. The Bertz CT molecular complexity index is 558. The van der Waals surface area contributed by atoms with Gasteiger partial charge >= 0.3 is 0 Å². The lowest BCUT2D eigenvalue weighted by Crippen LogP contribution is -2.34. The quantitative estimate of drug-likeness (QED) is 0.854. The molecular formula is C13H15FN4. The van der Waals surface area contributed by atoms with Gasteiger partial charge in [-0.1, -0.05) is 12.8 Å². The van der Waals surface area contributed by atoms with Crippen molar-refractivity contribution in [3.05, 3.63) is 36.3 Å². The molecule has 0 unspecified atom stereocenters. The maximum absolute atomic E-state index is 13.1. The molecule has 1 aliphatic rings. The van der Waals surface area contributed by atoms with Crippen LogP contribution in [0, 0.1) is 5.82 Å². The Hall–Kier alpha value is -1.75. The second-order valence-electron chi connectivity index (χ2n) is 4.90. The SMILES string of the molecule is NC1(c2ncc(-c3cncc(F)c3)[nH]2)CCCC1. The summed E-state index contributed by atoms with van der Waals surface area (Å²) in [5, 5.41) is 0. The van der Waals surface area contributed by atoms with Crippen LogP contribution in [0.3, 0.4) is 0 Å². The molecule has 2 aromatic rings. The molecule has 0 saturated heterocycles. The first-order valence-corrected chi connectivity index (χ1v) is 6.13. The van der Waals surface area contributed by atoms with Crippen LogP contribution >= 0.6 is 0 Å². The average Bonchev–Trinajstić information content (AvgIpc) is 2.98. The molecule has 1 aliphatic carbocycles. The minimum Gasteiger partial charge on any atom is -0.340 e. The summed E-state index contributed by atoms with van der Waals surface area (Å²) in [5.74, 6) is 0.436. The summed E-state index contributed by atoms with van der Waals surface area (Å²) in [7, 11) is 0. The van der Waals surface area contributed by atoms with Crippen molar-refractivity contribution < 1.29 is 4.39 Å². The van der Waals surface area contributed by atoms with Crippen LogP contribution in [0.2, 0.25) is 0 Å². The molecule has 0 aliphatic heterocycles. The molecule has 0 bridgehead atoms. The fraction of sp³-hybridized carbons (Fsp3) is 0.385. The topological polar surface area (TPSA) is 67.6 Å². The molecule has 5 heteroatoms. The fourth-order valence-electron chi connectivity index (χ4n) is 2.52. The Morgan fingerprint density at radius 3 is 2.72 bits per heavy atom. The summed E-state index contributed by atoms with van der Waals surface area (Å²) >= 11 is 0. The molecule has 18 heavy (non-hydrogen) atoms. The second-order valence-corrected chi connectivity index (χ2v) is 4.90. The van der Waals surface area contributed by atoms with Crippen molar-refractivity contribution >= 4 is 0 Å². The van der Waals surface area contributed by atoms with E-state index in [9.17, 15) is 4.39 Å². The van der Waals surface area contributed by atoms with E-state index < -0.39 is 0 Å². The fourth-order valence-corrected chi connectivity index (χ4v) is 2.52. The second kappa shape index (κ2) is 4.17. The third kappa shape index (κ3) is 1.90. The van der Waals surface area contributed by atoms with E-state index in [2.05, 4.69) is 15.0 Å². The minimum atomic E-state index is -0.355. The van der Waals surface area contributed by atoms with Gasteiger partial charge in [-0.3, -0.25) is 4.98 Å². The van der Waals surface area contributed by atoms with Crippen molar-refractivity contribution in [1.82, 2.24) is 15.0 Å². The lowest BCUT2D eigenvalue weighted by atomic mass is 9.99. The molecule has 3 rings (SSSR count). The number of pyridine rings is 1. The number of hydrogen-bond acceptors (Lipinski definition) is 3. The highest BCUT2D eigenvalue weighted by Crippen LogP contribution is 2.35. The molecule has 1 saturated carbocycles. The minimum absolute atomic E-state index is 0.348. The predicted molar refractivity (Wildman–Crippen MR) is 66.1 cm³/mol. The largest absolute Gasteiger partial charge is 0.340 e. The van der Waals surface area contributed by atoms with Crippen molar-refractivity contribution in [2.75, 3.05) is 0 Å². The molecule has 2 heterocycles. The van der Waals surface area contributed by atoms with Gasteiger partial charge in [-0.25, -0.2) is 9.37 Å². The third-order valence-electron chi connectivity index (χ3n) is 3.56. The van der Waals surface area contributed by atoms with Gasteiger partial charge in [0.15, 0.2) is 0 Å². The first-order valence-electron chi connectivity index (χ1n) is 6.13. The molecule has 0 aromatic carbocycles. The number of hydrogen-bond donors (Lipinski definition) is 2. The van der Waals surface area contributed by atoms with Crippen LogP contribution in [0.1, 0.15) is 31.5 Å². The monoisotopic (exact) mass is 246 g/mol. The average molecular weight is 246 g/mol. The standard InChI is InChI=1S/C13H15FN4/c14-10-5-9(6-16-7-10)11-8-17-12(18-11)13(15)3-1-2-4-13/h5-8H,1-4,15H2,(H,17,18). The highest BCUT2D eigenvalue weighted by molar-refractivity contribution is 5.57. The zero-order chi connectivity index (χ0) is 12.6. The van der Waals surface area contributed by atoms with E-state index in [4.69, 9.17) is 5.73 Å². The summed E-state index contributed by atoms with van der Waals surface area (Å²) < 4.78 is 13.1. The maximum Gasteiger partial charge on any atom is 0.142 e. The normalized spacial score (nSPS) is 18.1. The van der Waals surface area contributed by atoms with Crippen LogP contribution in [0.25, 0.3) is 11.3 Å². The number of aromatic amines is 1. The van der Waals surface area contributed by atoms with Gasteiger partial charge in [-0.2, -0.15) is 0 Å². The lowest BCUT2D eigenvalue weighted by molar-refractivity contribution is 0.436. The van der Waals surface area contributed by atoms with E-state index >= 15 is 0 Å². The van der Waals surface area contributed by atoms with Crippen molar-refractivity contribution in [2.45, 2.75) is 31.2 Å². The van der Waals surface area contributed by atoms with Crippen LogP contribution < -0.4 is 5.73 Å². The van der Waals surface area contributed by atoms with E-state index in [-0.39, 0.29) is 11.4 Å². The summed E-state index contributed by atoms with van der Waals surface area (Å²) in [6, 6.07) is 1.43. The number of nitrogens with two attached hydrogens (primary N) is 1. The van der Waals surface area contributed by atoms with Crippen LogP contribution in [-0.2, 0) is 5.54 Å². The van der Waals surface area contributed by atoms with E-state index in [0.29, 0.717) is 5.56 Å². The van der Waals surface area contributed by atoms with Crippen molar-refractivity contribution in [1.29, 1.82) is 0 Å². The summed E-state index contributed by atoms with van der Waals surface area (Å²) in [6.45, 7) is 0. The molecule has 94 valence electrons. The van der Waals surface area contributed by atoms with Gasteiger partial charge in [-0.15, -0.1) is 0 Å². The smallest absolute Gasteiger partial charge is 0.142 e. The van der Waals surface area contributed by atoms with E-state index in [1.165, 1.54) is 12.3 Å². The Morgan fingerprint density at radius 2 is 2.00 bits per heavy atom. The Kier molecular flexibility index (Phi) is 2.63. The van der Waals surface area contributed by atoms with Gasteiger partial charge < -0.3 is 10.7 Å². The molecule has 1 fully saturated rings. The van der Waals surface area contributed by atoms with Crippen LogP contribution in [-0.4, -0.2) is 15.0 Å². The molecular weight excluding hydrogens is 231 g/mol. The highest BCUT2D eigenvalue weighted by atomic mass is 19.1. The summed E-state index contributed by atoms with van der Waals surface area (Å²) in [5.41, 5.74) is 7.42. The Labute approximate surface area is 104 Å². The van der Waals surface area contributed by atoms with Crippen molar-refractivity contribution in [3.63, 3.8) is 0 Å². The van der Waals surface area contributed by atoms with Crippen LogP contribution in [0.15, 0.2) is 24.7 Å². The zero-order valence-electron chi connectivity index (χ0n) is 9.99. The predicted octanol–water partition coefficient (Wildman–Crippen LogP) is 2.34. The Balaban J connectivity index is 1.94. The van der Waals surface area contributed by atoms with Crippen molar-refractivity contribution in [3.8, 4) is 11.3 Å². The maximum atomic E-state index is 13.1. The molecule has 0 atom stereocenters. The molecule has 2 aromatic heterocycles. The third-order valence-corrected chi connectivity index (χ3v) is 3.56. The zero-order valence-corrected chi connectivity index (χ0v) is 9.99. The van der Waals surface area contributed by atoms with Gasteiger partial charge in [0.25, 0.3) is 0 Å². The lowest BCUT2D eigenvalue weighted by Gasteiger charge is -2.20. The molecule has 4 nitrogen and oxygen atoms in total. The number of rotatable bonds is 2. The van der Waals surface area contributed by atoms with Gasteiger partial charge in [0.1, 0.15) is 11.6 Å². The first-order chi connectivity index (χ1) is 8.67. The van der Waals surface area contributed by atoms with E-state index in [0.717, 1.165) is 37.2 Å². The molecule has 0 spiro atoms. The Morgan fingerprint density at radius 1 is 1.22 bits per heavy atom. The van der Waals surface area contributed by atoms with Gasteiger partial charge in [-0.05, 0) is 18.9 Å². The highest BCUT2D eigenvalue weighted by Gasteiger charge is 2.33. The van der Waals surface area contributed by atoms with E-state index in [1.54, 1.807) is 12.4 Å². The van der Waals surface area contributed by atoms with Crippen molar-refractivity contribution in [2.24, 2.45) is 5.73 Å². The number of nitrogens with zero attached hydrogens (tertiary/aromatic N) is 2. The van der Waals surface area contributed by atoms with Gasteiger partial charge in [0.05, 0.1) is 23.6 Å². The van der Waals surface area contributed by atoms with E-state index in [1.807, 2.05) is 0 Å².